The average Bonchev–Trinajstić information content (AvgIpc) is 3.94. The second kappa shape index (κ2) is 25.0. The largest absolute Gasteiger partial charge is 0.477 e. The third kappa shape index (κ3) is 13.3. The Morgan fingerprint density at radius 1 is 0.634 bits per heavy atom. The highest BCUT2D eigenvalue weighted by Gasteiger charge is 2.36. The van der Waals surface area contributed by atoms with E-state index in [-0.39, 0.29) is 59.3 Å². The molecule has 16 heteroatoms. The van der Waals surface area contributed by atoms with E-state index < -0.39 is 23.5 Å². The van der Waals surface area contributed by atoms with Gasteiger partial charge in [0, 0.05) is 40.0 Å². The Labute approximate surface area is 479 Å². The first kappa shape index (κ1) is 59.3. The number of benzene rings is 2. The van der Waals surface area contributed by atoms with Crippen molar-refractivity contribution in [3.8, 4) is 44.8 Å². The summed E-state index contributed by atoms with van der Waals surface area (Å²) in [5.41, 5.74) is 23.5. The number of rotatable bonds is 12. The molecule has 2 saturated heterocycles. The maximum absolute atomic E-state index is 14.1. The molecule has 14 nitrogen and oxygen atoms in total. The Morgan fingerprint density at radius 2 is 1.05 bits per heavy atom. The van der Waals surface area contributed by atoms with Gasteiger partial charge in [0.1, 0.15) is 23.0 Å². The molecule has 10 rings (SSSR count). The van der Waals surface area contributed by atoms with Crippen LogP contribution in [0.1, 0.15) is 186 Å². The van der Waals surface area contributed by atoms with Crippen molar-refractivity contribution in [3.63, 3.8) is 0 Å². The van der Waals surface area contributed by atoms with Crippen LogP contribution in [0.3, 0.4) is 0 Å². The van der Waals surface area contributed by atoms with Crippen LogP contribution >= 0.6 is 0 Å². The van der Waals surface area contributed by atoms with Crippen molar-refractivity contribution in [3.05, 3.63) is 163 Å². The number of carboxylic acids is 1. The third-order valence-corrected chi connectivity index (χ3v) is 15.4. The molecule has 0 spiro atoms. The first-order valence-corrected chi connectivity index (χ1v) is 28.7. The minimum absolute atomic E-state index is 0.0364. The van der Waals surface area contributed by atoms with Gasteiger partial charge in [-0.3, -0.25) is 14.8 Å². The van der Waals surface area contributed by atoms with Gasteiger partial charge in [0.2, 0.25) is 0 Å². The summed E-state index contributed by atoms with van der Waals surface area (Å²) in [6, 6.07) is 20.1. The number of aromatic carboxylic acids is 1. The zero-order chi connectivity index (χ0) is 58.6. The van der Waals surface area contributed by atoms with Crippen molar-refractivity contribution in [2.24, 2.45) is 5.11 Å². The summed E-state index contributed by atoms with van der Waals surface area (Å²) < 4.78 is 52.8. The molecular formula is C66H73F2N7O7. The van der Waals surface area contributed by atoms with E-state index in [4.69, 9.17) is 34.4 Å². The lowest BCUT2D eigenvalue weighted by molar-refractivity contribution is -0.290. The second-order valence-electron chi connectivity index (χ2n) is 23.0. The Bertz CT molecular complexity index is 3480. The van der Waals surface area contributed by atoms with E-state index in [0.29, 0.717) is 12.8 Å². The summed E-state index contributed by atoms with van der Waals surface area (Å²) in [6.45, 7) is 20.5. The number of azide groups is 1. The third-order valence-electron chi connectivity index (χ3n) is 15.4. The molecule has 0 bridgehead atoms. The molecule has 82 heavy (non-hydrogen) atoms. The Balaban J connectivity index is 0.000000198. The fourth-order valence-electron chi connectivity index (χ4n) is 11.8. The maximum Gasteiger partial charge on any atom is 0.354 e. The number of carbonyl (C=O) groups is 2. The fraction of sp³-hybridized carbons (Fsp3) is 0.424. The molecule has 0 unspecified atom stereocenters. The van der Waals surface area contributed by atoms with Crippen LogP contribution in [0.4, 0.5) is 8.78 Å². The van der Waals surface area contributed by atoms with Gasteiger partial charge in [-0.05, 0) is 183 Å². The molecule has 6 heterocycles. The Hall–Kier alpha value is -7.33. The number of amides is 1. The standard InChI is InChI=1S/C33H36FN5O3.C33H37FN2O4/c1-6-22-18-23(42-33(4,5)41-22)14-15-26-29(20-10-12-21(34)13-11-20)25-8-7-9-27-24(31(25)37-30(26)19(2)3)16-17-28(36-27)32(40)38-39-35;1-6-22-18-23(40-33(4,5)39-22)14-15-26-29(20-10-12-21(34)13-11-20)25-8-7-9-27-24(16-17-28(35-27)32(37)38)31(25)36-30(26)19(2)3/h10-17,19,22-23H,6-9,18H2,1-5H3;10-17,19,22-23H,6-9,18H2,1-5H3,(H,37,38)/b2*15-14+/t2*22-,23+/m00/s1. The quantitative estimate of drug-likeness (QED) is 0.0696. The molecule has 2 aromatic carbocycles. The van der Waals surface area contributed by atoms with E-state index in [0.717, 1.165) is 141 Å². The number of halogens is 2. The predicted molar refractivity (Wildman–Crippen MR) is 314 cm³/mol. The number of carbonyl (C=O) groups excluding carboxylic acids is 1. The number of ether oxygens (including phenoxy) is 4. The summed E-state index contributed by atoms with van der Waals surface area (Å²) in [7, 11) is 0. The van der Waals surface area contributed by atoms with Gasteiger partial charge in [-0.15, -0.1) is 0 Å². The molecule has 0 saturated carbocycles. The molecule has 2 aliphatic heterocycles. The number of carboxylic acid groups (broad SMARTS) is 1. The van der Waals surface area contributed by atoms with Crippen LogP contribution in [0.2, 0.25) is 0 Å². The highest BCUT2D eigenvalue weighted by Crippen LogP contribution is 2.45. The first-order chi connectivity index (χ1) is 39.2. The molecule has 428 valence electrons. The summed E-state index contributed by atoms with van der Waals surface area (Å²) >= 11 is 0. The van der Waals surface area contributed by atoms with E-state index in [2.05, 4.69) is 85.8 Å². The molecule has 6 aromatic rings. The smallest absolute Gasteiger partial charge is 0.354 e. The van der Waals surface area contributed by atoms with Gasteiger partial charge >= 0.3 is 5.97 Å². The van der Waals surface area contributed by atoms with Crippen molar-refractivity contribution in [2.45, 2.75) is 181 Å². The van der Waals surface area contributed by atoms with Crippen LogP contribution in [0.25, 0.3) is 67.4 Å². The molecule has 4 atom stereocenters. The highest BCUT2D eigenvalue weighted by molar-refractivity contribution is 5.94. The maximum atomic E-state index is 14.1. The summed E-state index contributed by atoms with van der Waals surface area (Å²) in [4.78, 5) is 46.0. The molecule has 4 aromatic heterocycles. The lowest BCUT2D eigenvalue weighted by Crippen LogP contribution is -2.43. The average molecular weight is 1110 g/mol. The van der Waals surface area contributed by atoms with Crippen molar-refractivity contribution < 1.29 is 42.4 Å². The van der Waals surface area contributed by atoms with Crippen molar-refractivity contribution >= 4 is 24.0 Å². The van der Waals surface area contributed by atoms with Crippen LogP contribution < -0.4 is 0 Å². The van der Waals surface area contributed by atoms with E-state index in [1.165, 1.54) is 24.3 Å². The van der Waals surface area contributed by atoms with Gasteiger partial charge in [0.05, 0.1) is 58.6 Å². The summed E-state index contributed by atoms with van der Waals surface area (Å²) in [5, 5.41) is 12.7. The Morgan fingerprint density at radius 3 is 1.44 bits per heavy atom. The lowest BCUT2D eigenvalue weighted by Gasteiger charge is -2.39. The molecule has 1 amide bonds. The van der Waals surface area contributed by atoms with Gasteiger partial charge in [-0.25, -0.2) is 23.5 Å². The number of aromatic nitrogens is 4. The number of fused-ring (bicyclic) bond motifs is 6. The van der Waals surface area contributed by atoms with Gasteiger partial charge in [0.15, 0.2) is 11.6 Å². The van der Waals surface area contributed by atoms with Crippen LogP contribution in [-0.2, 0) is 44.6 Å². The molecule has 2 aliphatic carbocycles. The monoisotopic (exact) mass is 1110 g/mol. The van der Waals surface area contributed by atoms with E-state index in [1.807, 2.05) is 64.1 Å². The number of hydrogen-bond acceptors (Lipinski definition) is 10. The molecule has 2 fully saturated rings. The summed E-state index contributed by atoms with van der Waals surface area (Å²) in [5.74, 6) is -3.52. The number of nitrogens with zero attached hydrogens (tertiary/aromatic N) is 7. The lowest BCUT2D eigenvalue weighted by atomic mass is 9.86. The van der Waals surface area contributed by atoms with Crippen LogP contribution in [0.15, 0.2) is 90.1 Å². The van der Waals surface area contributed by atoms with E-state index in [9.17, 15) is 23.5 Å². The number of hydrogen-bond donors (Lipinski definition) is 1. The molecular weight excluding hydrogens is 1040 g/mol. The van der Waals surface area contributed by atoms with Crippen molar-refractivity contribution in [2.75, 3.05) is 0 Å². The topological polar surface area (TPSA) is 192 Å². The van der Waals surface area contributed by atoms with Gasteiger partial charge in [0.25, 0.3) is 5.91 Å². The number of aryl methyl sites for hydroxylation is 2. The summed E-state index contributed by atoms with van der Waals surface area (Å²) in [6.07, 6.45) is 16.1. The van der Waals surface area contributed by atoms with Crippen LogP contribution in [0.5, 0.6) is 0 Å². The van der Waals surface area contributed by atoms with Gasteiger partial charge in [-0.1, -0.05) is 90.1 Å². The zero-order valence-electron chi connectivity index (χ0n) is 48.6. The van der Waals surface area contributed by atoms with Gasteiger partial charge in [-0.2, -0.15) is 0 Å². The number of pyridine rings is 4. The van der Waals surface area contributed by atoms with Gasteiger partial charge < -0.3 is 24.1 Å². The normalized spacial score (nSPS) is 19.9. The van der Waals surface area contributed by atoms with Crippen molar-refractivity contribution in [1.82, 2.24) is 19.9 Å². The molecule has 1 N–H and O–H groups in total. The van der Waals surface area contributed by atoms with Crippen LogP contribution in [0, 0.1) is 11.6 Å². The first-order valence-electron chi connectivity index (χ1n) is 28.7. The van der Waals surface area contributed by atoms with E-state index in [1.54, 1.807) is 12.1 Å². The molecule has 0 radical (unpaired) electrons. The minimum atomic E-state index is -1.04. The van der Waals surface area contributed by atoms with Crippen molar-refractivity contribution in [1.29, 1.82) is 0 Å². The SMILES string of the molecule is CC[C@H]1C[C@@H](/C=C/c2c(C(C)C)nc3c(c2-c2ccc(F)cc2)CCCc2nc(C(=O)N=[N+]=[N-])ccc2-3)OC(C)(C)O1.CC[C@H]1C[C@@H](/C=C/c2c(C(C)C)nc3c(c2-c2ccc(F)cc2)CCCc2nc(C(=O)O)ccc2-3)OC(C)(C)O1. The predicted octanol–water partition coefficient (Wildman–Crippen LogP) is 15.9. The molecule has 4 aliphatic rings. The zero-order valence-corrected chi connectivity index (χ0v) is 48.6. The fourth-order valence-corrected chi connectivity index (χ4v) is 11.8. The minimum Gasteiger partial charge on any atom is -0.477 e. The Kier molecular flexibility index (Phi) is 18.1. The van der Waals surface area contributed by atoms with Crippen LogP contribution in [-0.4, -0.2) is 72.9 Å². The second-order valence-corrected chi connectivity index (χ2v) is 23.0. The highest BCUT2D eigenvalue weighted by atomic mass is 19.1. The van der Waals surface area contributed by atoms with E-state index >= 15 is 0 Å².